The molecule has 0 N–H and O–H groups in total. The van der Waals surface area contributed by atoms with Crippen molar-refractivity contribution in [2.75, 3.05) is 6.61 Å². The first-order chi connectivity index (χ1) is 5.72. The number of unbranched alkanes of at least 4 members (excludes halogenated alkanes) is 2. The fourth-order valence-electron chi connectivity index (χ4n) is 1.47. The minimum Gasteiger partial charge on any atom is -0.237 e. The molecule has 0 saturated carbocycles. The Hall–Kier alpha value is -0.0400. The van der Waals surface area contributed by atoms with Crippen LogP contribution < -0.4 is 0 Å². The molecule has 2 unspecified atom stereocenters. The Labute approximate surface area is 77.2 Å². The number of hydrogen-bond donors (Lipinski definition) is 0. The molecule has 1 heteroatoms. The second-order valence-electron chi connectivity index (χ2n) is 3.94. The highest BCUT2D eigenvalue weighted by molar-refractivity contribution is 4.61. The Morgan fingerprint density at radius 3 is 2.08 bits per heavy atom. The van der Waals surface area contributed by atoms with Crippen LogP contribution in [0.2, 0.25) is 0 Å². The zero-order valence-electron chi connectivity index (χ0n) is 8.81. The summed E-state index contributed by atoms with van der Waals surface area (Å²) < 4.78 is 0. The third-order valence-electron chi connectivity index (χ3n) is 2.81. The Balaban J connectivity index is 3.35. The first-order valence-electron chi connectivity index (χ1n) is 5.30. The van der Waals surface area contributed by atoms with E-state index in [-0.39, 0.29) is 6.61 Å². The fraction of sp³-hybridized carbons (Fsp3) is 1.00. The summed E-state index contributed by atoms with van der Waals surface area (Å²) in [7, 11) is 0. The van der Waals surface area contributed by atoms with Crippen LogP contribution in [0.1, 0.15) is 52.9 Å². The van der Waals surface area contributed by atoms with E-state index in [0.29, 0.717) is 5.92 Å². The Morgan fingerprint density at radius 1 is 1.00 bits per heavy atom. The molecule has 12 heavy (non-hydrogen) atoms. The van der Waals surface area contributed by atoms with Crippen LogP contribution in [0.15, 0.2) is 0 Å². The molecule has 0 fully saturated rings. The van der Waals surface area contributed by atoms with Gasteiger partial charge in [0.15, 0.2) is 0 Å². The average molecular weight is 171 g/mol. The first-order valence-corrected chi connectivity index (χ1v) is 5.30. The van der Waals surface area contributed by atoms with Crippen molar-refractivity contribution in [3.63, 3.8) is 0 Å². The minimum atomic E-state index is 0.0965. The van der Waals surface area contributed by atoms with Gasteiger partial charge in [-0.15, -0.1) is 0 Å². The van der Waals surface area contributed by atoms with Crippen molar-refractivity contribution in [2.24, 2.45) is 11.8 Å². The van der Waals surface area contributed by atoms with E-state index in [4.69, 9.17) is 0 Å². The summed E-state index contributed by atoms with van der Waals surface area (Å²) in [6.07, 6.45) is 6.13. The zero-order valence-corrected chi connectivity index (χ0v) is 8.81. The summed E-state index contributed by atoms with van der Waals surface area (Å²) in [6, 6.07) is 0. The smallest absolute Gasteiger partial charge is 0.0825 e. The predicted molar refractivity (Wildman–Crippen MR) is 52.6 cm³/mol. The Bertz CT molecular complexity index is 91.0. The molecule has 2 atom stereocenters. The molecule has 0 aromatic heterocycles. The second-order valence-corrected chi connectivity index (χ2v) is 3.94. The molecule has 0 aliphatic carbocycles. The maximum atomic E-state index is 10.4. The molecule has 0 aliphatic heterocycles. The van der Waals surface area contributed by atoms with Gasteiger partial charge in [0.05, 0.1) is 6.61 Å². The quantitative estimate of drug-likeness (QED) is 0.521. The summed E-state index contributed by atoms with van der Waals surface area (Å²) >= 11 is 0. The Morgan fingerprint density at radius 2 is 1.58 bits per heavy atom. The van der Waals surface area contributed by atoms with Gasteiger partial charge in [0.2, 0.25) is 0 Å². The van der Waals surface area contributed by atoms with Crippen molar-refractivity contribution in [1.82, 2.24) is 0 Å². The van der Waals surface area contributed by atoms with Gasteiger partial charge in [0.25, 0.3) is 0 Å². The van der Waals surface area contributed by atoms with Crippen molar-refractivity contribution < 1.29 is 5.11 Å². The van der Waals surface area contributed by atoms with Crippen molar-refractivity contribution >= 4 is 0 Å². The molecule has 0 bridgehead atoms. The van der Waals surface area contributed by atoms with Crippen molar-refractivity contribution in [3.05, 3.63) is 0 Å². The number of rotatable bonds is 7. The maximum absolute atomic E-state index is 10.4. The monoisotopic (exact) mass is 171 g/mol. The molecule has 0 aliphatic rings. The van der Waals surface area contributed by atoms with E-state index in [1.165, 1.54) is 25.7 Å². The fourth-order valence-corrected chi connectivity index (χ4v) is 1.47. The summed E-state index contributed by atoms with van der Waals surface area (Å²) in [5.41, 5.74) is 0. The highest BCUT2D eigenvalue weighted by Crippen LogP contribution is 2.20. The number of hydrogen-bond acceptors (Lipinski definition) is 0. The summed E-state index contributed by atoms with van der Waals surface area (Å²) in [5.74, 6) is 1.37. The zero-order chi connectivity index (χ0) is 9.40. The molecule has 0 saturated heterocycles. The molecule has 0 aromatic carbocycles. The van der Waals surface area contributed by atoms with Gasteiger partial charge in [0.1, 0.15) is 0 Å². The highest BCUT2D eigenvalue weighted by atomic mass is 16.3. The lowest BCUT2D eigenvalue weighted by atomic mass is 9.89. The second kappa shape index (κ2) is 7.60. The van der Waals surface area contributed by atoms with Gasteiger partial charge < -0.3 is 0 Å². The third kappa shape index (κ3) is 5.59. The molecule has 0 heterocycles. The first kappa shape index (κ1) is 12.0. The van der Waals surface area contributed by atoms with E-state index < -0.39 is 0 Å². The van der Waals surface area contributed by atoms with Crippen LogP contribution in [0.4, 0.5) is 0 Å². The van der Waals surface area contributed by atoms with Gasteiger partial charge in [-0.1, -0.05) is 46.5 Å². The van der Waals surface area contributed by atoms with Gasteiger partial charge >= 0.3 is 0 Å². The summed E-state index contributed by atoms with van der Waals surface area (Å²) in [6.45, 7) is 6.80. The van der Waals surface area contributed by atoms with Crippen LogP contribution in [0.25, 0.3) is 0 Å². The summed E-state index contributed by atoms with van der Waals surface area (Å²) in [4.78, 5) is 0. The van der Waals surface area contributed by atoms with Gasteiger partial charge in [-0.3, -0.25) is 0 Å². The van der Waals surface area contributed by atoms with Crippen molar-refractivity contribution in [1.29, 1.82) is 0 Å². The minimum absolute atomic E-state index is 0.0965. The van der Waals surface area contributed by atoms with E-state index in [9.17, 15) is 5.11 Å². The van der Waals surface area contributed by atoms with Crippen LogP contribution in [0.3, 0.4) is 0 Å². The predicted octanol–water partition coefficient (Wildman–Crippen LogP) is 3.66. The van der Waals surface area contributed by atoms with Gasteiger partial charge in [-0.2, -0.15) is 0 Å². The molecule has 0 rings (SSSR count). The standard InChI is InChI=1S/C11H23O/c1-4-5-6-7-10(2)11(3)8-9-12/h10-11H,4-9H2,1-3H3. The van der Waals surface area contributed by atoms with E-state index in [1.54, 1.807) is 0 Å². The van der Waals surface area contributed by atoms with Crippen LogP contribution in [-0.4, -0.2) is 6.61 Å². The molecular formula is C11H23O. The molecule has 1 radical (unpaired) electrons. The lowest BCUT2D eigenvalue weighted by molar-refractivity contribution is 0.158. The summed E-state index contributed by atoms with van der Waals surface area (Å²) in [5, 5.41) is 10.4. The molecular weight excluding hydrogens is 148 g/mol. The average Bonchev–Trinajstić information content (AvgIpc) is 2.05. The largest absolute Gasteiger partial charge is 0.237 e. The van der Waals surface area contributed by atoms with E-state index in [1.807, 2.05) is 0 Å². The van der Waals surface area contributed by atoms with E-state index in [2.05, 4.69) is 20.8 Å². The Kier molecular flexibility index (Phi) is 7.58. The van der Waals surface area contributed by atoms with E-state index in [0.717, 1.165) is 12.3 Å². The molecule has 1 nitrogen and oxygen atoms in total. The van der Waals surface area contributed by atoms with Crippen LogP contribution in [0.5, 0.6) is 0 Å². The van der Waals surface area contributed by atoms with Gasteiger partial charge in [-0.25, -0.2) is 5.11 Å². The highest BCUT2D eigenvalue weighted by Gasteiger charge is 2.10. The molecule has 0 aromatic rings. The molecule has 0 spiro atoms. The molecule has 73 valence electrons. The van der Waals surface area contributed by atoms with Crippen LogP contribution in [-0.2, 0) is 5.11 Å². The van der Waals surface area contributed by atoms with Gasteiger partial charge in [0, 0.05) is 0 Å². The van der Waals surface area contributed by atoms with Crippen molar-refractivity contribution in [3.8, 4) is 0 Å². The van der Waals surface area contributed by atoms with Crippen molar-refractivity contribution in [2.45, 2.75) is 52.9 Å². The van der Waals surface area contributed by atoms with Crippen LogP contribution in [0, 0.1) is 11.8 Å². The topological polar surface area (TPSA) is 19.9 Å². The molecule has 0 amide bonds. The normalized spacial score (nSPS) is 16.0. The lowest BCUT2D eigenvalue weighted by Crippen LogP contribution is -2.09. The van der Waals surface area contributed by atoms with E-state index >= 15 is 0 Å². The van der Waals surface area contributed by atoms with Gasteiger partial charge in [-0.05, 0) is 18.3 Å². The lowest BCUT2D eigenvalue weighted by Gasteiger charge is -2.18. The maximum Gasteiger partial charge on any atom is 0.0825 e. The third-order valence-corrected chi connectivity index (χ3v) is 2.81. The van der Waals surface area contributed by atoms with Crippen LogP contribution >= 0.6 is 0 Å². The SMILES string of the molecule is CCCCCC(C)C(C)CC[O].